The second-order valence-electron chi connectivity index (χ2n) is 7.82. The van der Waals surface area contributed by atoms with E-state index in [2.05, 4.69) is 28.4 Å². The molecular weight excluding hydrogens is 322 g/mol. The quantitative estimate of drug-likeness (QED) is 0.788. The van der Waals surface area contributed by atoms with Gasteiger partial charge in [-0.1, -0.05) is 11.6 Å². The van der Waals surface area contributed by atoms with Gasteiger partial charge in [0.15, 0.2) is 0 Å². The van der Waals surface area contributed by atoms with E-state index < -0.39 is 0 Å². The predicted octanol–water partition coefficient (Wildman–Crippen LogP) is 3.84. The van der Waals surface area contributed by atoms with Gasteiger partial charge in [0.2, 0.25) is 0 Å². The summed E-state index contributed by atoms with van der Waals surface area (Å²) in [6.45, 7) is 3.29. The van der Waals surface area contributed by atoms with E-state index in [9.17, 15) is 4.79 Å². The molecule has 0 unspecified atom stereocenters. The van der Waals surface area contributed by atoms with Crippen molar-refractivity contribution in [1.82, 2.24) is 10.2 Å². The molecule has 0 atom stereocenters. The molecule has 1 heterocycles. The molecule has 26 heavy (non-hydrogen) atoms. The summed E-state index contributed by atoms with van der Waals surface area (Å²) in [6.07, 6.45) is 11.4. The number of amides is 1. The first-order valence-electron chi connectivity index (χ1n) is 10.1. The molecular formula is C22H33N3O. The Balaban J connectivity index is 1.42. The Hall–Kier alpha value is -1.81. The lowest BCUT2D eigenvalue weighted by Gasteiger charge is -2.34. The molecule has 2 aliphatic rings. The number of benzene rings is 1. The van der Waals surface area contributed by atoms with Crippen molar-refractivity contribution < 1.29 is 4.79 Å². The molecule has 1 aliphatic carbocycles. The lowest BCUT2D eigenvalue weighted by atomic mass is 9.97. The number of carbonyl (C=O) groups is 1. The number of hydrogen-bond acceptors (Lipinski definition) is 3. The summed E-state index contributed by atoms with van der Waals surface area (Å²) in [5.41, 5.74) is 3.65. The molecule has 1 saturated heterocycles. The number of nitrogens with zero attached hydrogens (tertiary/aromatic N) is 2. The van der Waals surface area contributed by atoms with Crippen LogP contribution < -0.4 is 10.2 Å². The Bertz CT molecular complexity index is 613. The van der Waals surface area contributed by atoms with E-state index in [1.165, 1.54) is 50.6 Å². The second-order valence-corrected chi connectivity index (χ2v) is 7.82. The van der Waals surface area contributed by atoms with E-state index in [-0.39, 0.29) is 5.91 Å². The average Bonchev–Trinajstić information content (AvgIpc) is 2.69. The van der Waals surface area contributed by atoms with E-state index in [0.29, 0.717) is 6.04 Å². The molecule has 0 spiro atoms. The van der Waals surface area contributed by atoms with Crippen molar-refractivity contribution in [3.8, 4) is 0 Å². The molecule has 0 saturated carbocycles. The molecule has 142 valence electrons. The highest BCUT2D eigenvalue weighted by molar-refractivity contribution is 5.94. The van der Waals surface area contributed by atoms with Gasteiger partial charge < -0.3 is 15.1 Å². The minimum Gasteiger partial charge on any atom is -0.371 e. The summed E-state index contributed by atoms with van der Waals surface area (Å²) in [5, 5.41) is 3.76. The van der Waals surface area contributed by atoms with E-state index in [1.54, 1.807) is 24.6 Å². The van der Waals surface area contributed by atoms with Crippen LogP contribution in [0.15, 0.2) is 35.9 Å². The lowest BCUT2D eigenvalue weighted by molar-refractivity contribution is 0.0827. The molecule has 4 heteroatoms. The fraction of sp³-hybridized carbons (Fsp3) is 0.591. The highest BCUT2D eigenvalue weighted by atomic mass is 16.2. The second kappa shape index (κ2) is 9.22. The molecule has 1 N–H and O–H groups in total. The minimum absolute atomic E-state index is 0.0625. The molecule has 1 amide bonds. The van der Waals surface area contributed by atoms with Gasteiger partial charge in [-0.2, -0.15) is 0 Å². The topological polar surface area (TPSA) is 35.6 Å². The Kier molecular flexibility index (Phi) is 6.73. The molecule has 0 radical (unpaired) electrons. The third-order valence-electron chi connectivity index (χ3n) is 5.64. The van der Waals surface area contributed by atoms with E-state index >= 15 is 0 Å². The summed E-state index contributed by atoms with van der Waals surface area (Å²) in [4.78, 5) is 16.0. The van der Waals surface area contributed by atoms with Crippen molar-refractivity contribution in [3.63, 3.8) is 0 Å². The van der Waals surface area contributed by atoms with Crippen molar-refractivity contribution in [1.29, 1.82) is 0 Å². The third-order valence-corrected chi connectivity index (χ3v) is 5.64. The Labute approximate surface area is 158 Å². The molecule has 1 aromatic rings. The zero-order chi connectivity index (χ0) is 18.4. The van der Waals surface area contributed by atoms with Crippen molar-refractivity contribution in [3.05, 3.63) is 41.5 Å². The molecule has 0 aromatic heterocycles. The summed E-state index contributed by atoms with van der Waals surface area (Å²) in [5.74, 6) is 0.0625. The average molecular weight is 356 g/mol. The summed E-state index contributed by atoms with van der Waals surface area (Å²) in [6, 6.07) is 8.70. The minimum atomic E-state index is 0.0625. The standard InChI is InChI=1S/C22H33N3O/c1-24(2)22(26)19-8-10-21(11-9-19)25-16-13-20(14-17-25)23-15-12-18-6-4-3-5-7-18/h6,8-11,20,23H,3-5,7,12-17H2,1-2H3. The Morgan fingerprint density at radius 1 is 1.15 bits per heavy atom. The third kappa shape index (κ3) is 5.10. The number of rotatable bonds is 6. The normalized spacial score (nSPS) is 18.5. The predicted molar refractivity (Wildman–Crippen MR) is 109 cm³/mol. The maximum atomic E-state index is 12.0. The summed E-state index contributed by atoms with van der Waals surface area (Å²) in [7, 11) is 3.58. The Morgan fingerprint density at radius 3 is 2.50 bits per heavy atom. The molecule has 1 aliphatic heterocycles. The van der Waals surface area contributed by atoms with Crippen LogP contribution in [0.3, 0.4) is 0 Å². The van der Waals surface area contributed by atoms with Crippen molar-refractivity contribution in [2.24, 2.45) is 0 Å². The van der Waals surface area contributed by atoms with E-state index in [0.717, 1.165) is 25.2 Å². The highest BCUT2D eigenvalue weighted by Gasteiger charge is 2.19. The van der Waals surface area contributed by atoms with E-state index in [4.69, 9.17) is 0 Å². The molecule has 1 aromatic carbocycles. The van der Waals surface area contributed by atoms with Gasteiger partial charge in [-0.05, 0) is 75.8 Å². The first-order valence-corrected chi connectivity index (χ1v) is 10.1. The fourth-order valence-electron chi connectivity index (χ4n) is 3.98. The van der Waals surface area contributed by atoms with Crippen LogP contribution in [0.4, 0.5) is 5.69 Å². The van der Waals surface area contributed by atoms with Crippen LogP contribution in [-0.2, 0) is 0 Å². The van der Waals surface area contributed by atoms with Gasteiger partial charge in [-0.15, -0.1) is 0 Å². The fourth-order valence-corrected chi connectivity index (χ4v) is 3.98. The van der Waals surface area contributed by atoms with Gasteiger partial charge >= 0.3 is 0 Å². The van der Waals surface area contributed by atoms with E-state index in [1.807, 2.05) is 12.1 Å². The van der Waals surface area contributed by atoms with Gasteiger partial charge in [0.25, 0.3) is 5.91 Å². The maximum absolute atomic E-state index is 12.0. The number of hydrogen-bond donors (Lipinski definition) is 1. The van der Waals surface area contributed by atoms with Crippen LogP contribution >= 0.6 is 0 Å². The first-order chi connectivity index (χ1) is 12.6. The summed E-state index contributed by atoms with van der Waals surface area (Å²) < 4.78 is 0. The van der Waals surface area contributed by atoms with Crippen LogP contribution in [0, 0.1) is 0 Å². The van der Waals surface area contributed by atoms with Crippen LogP contribution in [-0.4, -0.2) is 50.6 Å². The maximum Gasteiger partial charge on any atom is 0.253 e. The smallest absolute Gasteiger partial charge is 0.253 e. The van der Waals surface area contributed by atoms with Crippen LogP contribution in [0.1, 0.15) is 55.3 Å². The van der Waals surface area contributed by atoms with Gasteiger partial charge in [0.05, 0.1) is 0 Å². The van der Waals surface area contributed by atoms with Crippen molar-refractivity contribution in [2.45, 2.75) is 51.0 Å². The summed E-state index contributed by atoms with van der Waals surface area (Å²) >= 11 is 0. The van der Waals surface area contributed by atoms with Gasteiger partial charge in [-0.25, -0.2) is 0 Å². The van der Waals surface area contributed by atoms with Crippen LogP contribution in [0.25, 0.3) is 0 Å². The molecule has 3 rings (SSSR count). The van der Waals surface area contributed by atoms with Crippen molar-refractivity contribution >= 4 is 11.6 Å². The van der Waals surface area contributed by atoms with Crippen LogP contribution in [0.5, 0.6) is 0 Å². The first kappa shape index (κ1) is 19.0. The molecule has 1 fully saturated rings. The number of allylic oxidation sites excluding steroid dienone is 1. The number of nitrogens with one attached hydrogen (secondary N) is 1. The number of piperidine rings is 1. The molecule has 0 bridgehead atoms. The highest BCUT2D eigenvalue weighted by Crippen LogP contribution is 2.22. The Morgan fingerprint density at radius 2 is 1.88 bits per heavy atom. The zero-order valence-corrected chi connectivity index (χ0v) is 16.3. The zero-order valence-electron chi connectivity index (χ0n) is 16.3. The van der Waals surface area contributed by atoms with Gasteiger partial charge in [0, 0.05) is 44.5 Å². The van der Waals surface area contributed by atoms with Crippen molar-refractivity contribution in [2.75, 3.05) is 38.6 Å². The largest absolute Gasteiger partial charge is 0.371 e. The number of anilines is 1. The monoisotopic (exact) mass is 355 g/mol. The van der Waals surface area contributed by atoms with Crippen LogP contribution in [0.2, 0.25) is 0 Å². The number of carbonyl (C=O) groups excluding carboxylic acids is 1. The van der Waals surface area contributed by atoms with Gasteiger partial charge in [-0.3, -0.25) is 4.79 Å². The SMILES string of the molecule is CN(C)C(=O)c1ccc(N2CCC(NCCC3=CCCCC3)CC2)cc1. The molecule has 4 nitrogen and oxygen atoms in total. The van der Waals surface area contributed by atoms with Gasteiger partial charge in [0.1, 0.15) is 0 Å². The lowest BCUT2D eigenvalue weighted by Crippen LogP contribution is -2.42.